The summed E-state index contributed by atoms with van der Waals surface area (Å²) in [5, 5.41) is 3.05. The van der Waals surface area contributed by atoms with Gasteiger partial charge in [-0.05, 0) is 48.4 Å². The van der Waals surface area contributed by atoms with E-state index in [9.17, 15) is 18.0 Å². The Bertz CT molecular complexity index is 1100. The molecule has 0 amide bonds. The van der Waals surface area contributed by atoms with Gasteiger partial charge in [-0.3, -0.25) is 4.90 Å². The largest absolute Gasteiger partial charge is 0.497 e. The zero-order valence-electron chi connectivity index (χ0n) is 22.2. The van der Waals surface area contributed by atoms with Crippen molar-refractivity contribution in [2.24, 2.45) is 0 Å². The highest BCUT2D eigenvalue weighted by molar-refractivity contribution is 5.93. The van der Waals surface area contributed by atoms with Gasteiger partial charge in [0.2, 0.25) is 0 Å². The highest BCUT2D eigenvalue weighted by Gasteiger charge is 2.30. The van der Waals surface area contributed by atoms with Crippen LogP contribution in [0.1, 0.15) is 28.5 Å². The molecule has 0 aliphatic carbocycles. The Labute approximate surface area is 226 Å². The van der Waals surface area contributed by atoms with Gasteiger partial charge in [0.1, 0.15) is 23.8 Å². The Kier molecular flexibility index (Phi) is 11.1. The Morgan fingerprint density at radius 3 is 2.00 bits per heavy atom. The van der Waals surface area contributed by atoms with Crippen LogP contribution in [0.25, 0.3) is 0 Å². The Morgan fingerprint density at radius 2 is 1.51 bits per heavy atom. The van der Waals surface area contributed by atoms with Crippen molar-refractivity contribution in [1.29, 1.82) is 0 Å². The topological polar surface area (TPSA) is 85.1 Å². The number of nitrogens with one attached hydrogen (secondary N) is 2. The molecule has 1 aromatic heterocycles. The summed E-state index contributed by atoms with van der Waals surface area (Å²) in [6, 6.07) is 16.6. The molecule has 0 radical (unpaired) electrons. The van der Waals surface area contributed by atoms with Gasteiger partial charge in [-0.25, -0.2) is 4.79 Å². The Morgan fingerprint density at radius 1 is 0.949 bits per heavy atom. The van der Waals surface area contributed by atoms with Gasteiger partial charge in [0.05, 0.1) is 32.6 Å². The maximum Gasteiger partial charge on any atom is 0.411 e. The van der Waals surface area contributed by atoms with Gasteiger partial charge >= 0.3 is 12.1 Å². The number of alkyl halides is 3. The standard InChI is InChI=1S/C28H34F3N3O5/c1-4-38-27(35)26-25(13-14-32-26)33-15-24(39-19-28(29,30)31)18-34(16-20-5-9-22(36-2)10-6-20)17-21-7-11-23(37-3)12-8-21/h5-14,24,32-33H,4,15-19H2,1-3H3. The van der Waals surface area contributed by atoms with E-state index in [1.807, 2.05) is 53.4 Å². The van der Waals surface area contributed by atoms with Gasteiger partial charge in [0.15, 0.2) is 0 Å². The van der Waals surface area contributed by atoms with Crippen molar-refractivity contribution >= 4 is 11.7 Å². The highest BCUT2D eigenvalue weighted by Crippen LogP contribution is 2.21. The number of benzene rings is 2. The van der Waals surface area contributed by atoms with Crippen molar-refractivity contribution < 1.29 is 36.9 Å². The second kappa shape index (κ2) is 14.5. The zero-order chi connectivity index (χ0) is 28.3. The number of H-pyrrole nitrogens is 1. The third kappa shape index (κ3) is 9.84. The Hall–Kier alpha value is -3.70. The lowest BCUT2D eigenvalue weighted by Crippen LogP contribution is -2.39. The van der Waals surface area contributed by atoms with E-state index >= 15 is 0 Å². The molecule has 2 aromatic carbocycles. The van der Waals surface area contributed by atoms with Crippen LogP contribution in [0.5, 0.6) is 11.5 Å². The van der Waals surface area contributed by atoms with Gasteiger partial charge in [0, 0.05) is 32.4 Å². The fourth-order valence-electron chi connectivity index (χ4n) is 3.95. The minimum Gasteiger partial charge on any atom is -0.497 e. The number of aromatic amines is 1. The third-order valence-corrected chi connectivity index (χ3v) is 5.82. The summed E-state index contributed by atoms with van der Waals surface area (Å²) in [6.07, 6.45) is -3.79. The summed E-state index contributed by atoms with van der Waals surface area (Å²) in [7, 11) is 3.16. The number of halogens is 3. The molecule has 2 N–H and O–H groups in total. The normalized spacial score (nSPS) is 12.3. The van der Waals surface area contributed by atoms with Crippen LogP contribution < -0.4 is 14.8 Å². The molecule has 212 valence electrons. The number of carbonyl (C=O) groups excluding carboxylic acids is 1. The first kappa shape index (κ1) is 29.9. The molecule has 0 bridgehead atoms. The smallest absolute Gasteiger partial charge is 0.411 e. The second-order valence-corrected chi connectivity index (χ2v) is 8.78. The van der Waals surface area contributed by atoms with Gasteiger partial charge < -0.3 is 29.2 Å². The molecule has 0 spiro atoms. The summed E-state index contributed by atoms with van der Waals surface area (Å²) in [4.78, 5) is 17.0. The predicted molar refractivity (Wildman–Crippen MR) is 141 cm³/mol. The molecular weight excluding hydrogens is 515 g/mol. The lowest BCUT2D eigenvalue weighted by molar-refractivity contribution is -0.185. The summed E-state index contributed by atoms with van der Waals surface area (Å²) in [6.45, 7) is 1.62. The second-order valence-electron chi connectivity index (χ2n) is 8.78. The van der Waals surface area contributed by atoms with Crippen molar-refractivity contribution in [3.63, 3.8) is 0 Å². The maximum absolute atomic E-state index is 13.1. The number of anilines is 1. The number of carbonyl (C=O) groups is 1. The number of hydrogen-bond donors (Lipinski definition) is 2. The number of nitrogens with zero attached hydrogens (tertiary/aromatic N) is 1. The minimum atomic E-state index is -4.49. The minimum absolute atomic E-state index is 0.0298. The van der Waals surface area contributed by atoms with E-state index in [-0.39, 0.29) is 25.4 Å². The average Bonchev–Trinajstić information content (AvgIpc) is 3.39. The van der Waals surface area contributed by atoms with Crippen LogP contribution in [0.15, 0.2) is 60.8 Å². The molecule has 3 rings (SSSR count). The van der Waals surface area contributed by atoms with E-state index in [2.05, 4.69) is 10.3 Å². The number of ether oxygens (including phenoxy) is 4. The molecule has 1 unspecified atom stereocenters. The van der Waals surface area contributed by atoms with E-state index in [0.717, 1.165) is 11.1 Å². The molecule has 0 saturated carbocycles. The molecule has 1 atom stereocenters. The number of hydrogen-bond acceptors (Lipinski definition) is 7. The Balaban J connectivity index is 1.79. The molecule has 0 fully saturated rings. The third-order valence-electron chi connectivity index (χ3n) is 5.82. The van der Waals surface area contributed by atoms with Gasteiger partial charge in [-0.1, -0.05) is 24.3 Å². The molecule has 39 heavy (non-hydrogen) atoms. The fourth-order valence-corrected chi connectivity index (χ4v) is 3.95. The lowest BCUT2D eigenvalue weighted by Gasteiger charge is -2.29. The van der Waals surface area contributed by atoms with E-state index in [1.165, 1.54) is 0 Å². The highest BCUT2D eigenvalue weighted by atomic mass is 19.4. The van der Waals surface area contributed by atoms with Crippen LogP contribution in [0.3, 0.4) is 0 Å². The van der Waals surface area contributed by atoms with Crippen molar-refractivity contribution in [2.75, 3.05) is 45.8 Å². The van der Waals surface area contributed by atoms with Gasteiger partial charge in [-0.2, -0.15) is 13.2 Å². The van der Waals surface area contributed by atoms with Crippen molar-refractivity contribution in [3.8, 4) is 11.5 Å². The van der Waals surface area contributed by atoms with Crippen LogP contribution in [-0.4, -0.2) is 68.7 Å². The maximum atomic E-state index is 13.1. The van der Waals surface area contributed by atoms with E-state index in [1.54, 1.807) is 33.4 Å². The summed E-state index contributed by atoms with van der Waals surface area (Å²) in [5.41, 5.74) is 2.54. The van der Waals surface area contributed by atoms with Crippen molar-refractivity contribution in [1.82, 2.24) is 9.88 Å². The summed E-state index contributed by atoms with van der Waals surface area (Å²) >= 11 is 0. The first-order chi connectivity index (χ1) is 18.7. The fraction of sp³-hybridized carbons (Fsp3) is 0.393. The van der Waals surface area contributed by atoms with Crippen molar-refractivity contribution in [2.45, 2.75) is 32.3 Å². The summed E-state index contributed by atoms with van der Waals surface area (Å²) < 4.78 is 60.2. The van der Waals surface area contributed by atoms with Gasteiger partial charge in [-0.15, -0.1) is 0 Å². The molecule has 11 heteroatoms. The SMILES string of the molecule is CCOC(=O)c1[nH]ccc1NCC(CN(Cc1ccc(OC)cc1)Cc1ccc(OC)cc1)OCC(F)(F)F. The first-order valence-electron chi connectivity index (χ1n) is 12.5. The average molecular weight is 550 g/mol. The van der Waals surface area contributed by atoms with Crippen LogP contribution in [-0.2, 0) is 22.6 Å². The number of rotatable bonds is 15. The molecule has 1 heterocycles. The molecule has 0 aliphatic rings. The molecule has 0 saturated heterocycles. The number of methoxy groups -OCH3 is 2. The van der Waals surface area contributed by atoms with E-state index in [0.29, 0.717) is 30.3 Å². The quantitative estimate of drug-likeness (QED) is 0.250. The number of esters is 1. The summed E-state index contributed by atoms with van der Waals surface area (Å²) in [5.74, 6) is 0.860. The molecule has 3 aromatic rings. The molecular formula is C28H34F3N3O5. The van der Waals surface area contributed by atoms with Crippen molar-refractivity contribution in [3.05, 3.63) is 77.6 Å². The molecule has 0 aliphatic heterocycles. The van der Waals surface area contributed by atoms with Gasteiger partial charge in [0.25, 0.3) is 0 Å². The van der Waals surface area contributed by atoms with E-state index < -0.39 is 24.9 Å². The monoisotopic (exact) mass is 549 g/mol. The predicted octanol–water partition coefficient (Wildman–Crippen LogP) is 5.27. The van der Waals surface area contributed by atoms with Crippen LogP contribution in [0.4, 0.5) is 18.9 Å². The van der Waals surface area contributed by atoms with Crippen LogP contribution in [0.2, 0.25) is 0 Å². The van der Waals surface area contributed by atoms with Crippen LogP contribution >= 0.6 is 0 Å². The lowest BCUT2D eigenvalue weighted by atomic mass is 10.1. The first-order valence-corrected chi connectivity index (χ1v) is 12.5. The molecule has 8 nitrogen and oxygen atoms in total. The number of aromatic nitrogens is 1. The van der Waals surface area contributed by atoms with E-state index in [4.69, 9.17) is 18.9 Å². The zero-order valence-corrected chi connectivity index (χ0v) is 22.2. The van der Waals surface area contributed by atoms with Crippen LogP contribution in [0, 0.1) is 0 Å².